The summed E-state index contributed by atoms with van der Waals surface area (Å²) < 4.78 is 8.77. The van der Waals surface area contributed by atoms with Gasteiger partial charge in [0.2, 0.25) is 10.2 Å². The van der Waals surface area contributed by atoms with E-state index in [2.05, 4.69) is 4.98 Å². The number of carbonyl (C=O) groups excluding carboxylic acids is 1. The molecule has 0 atom stereocenters. The second kappa shape index (κ2) is 8.29. The number of alkyl halides is 2. The minimum atomic E-state index is -1.55. The summed E-state index contributed by atoms with van der Waals surface area (Å²) >= 11 is 23.5. The van der Waals surface area contributed by atoms with Crippen LogP contribution in [0.15, 0.2) is 6.07 Å². The van der Waals surface area contributed by atoms with Crippen LogP contribution in [-0.4, -0.2) is 42.6 Å². The molecule has 1 rings (SSSR count). The molecule has 1 aromatic heterocycles. The largest absolute Gasteiger partial charge is 0.473 e. The average molecular weight is 390 g/mol. The van der Waals surface area contributed by atoms with Crippen LogP contribution in [-0.2, 0) is 9.53 Å². The van der Waals surface area contributed by atoms with Crippen molar-refractivity contribution in [1.82, 2.24) is 4.98 Å². The second-order valence-electron chi connectivity index (χ2n) is 4.52. The summed E-state index contributed by atoms with van der Waals surface area (Å²) in [6.45, 7) is 1.70. The number of pyridine rings is 1. The maximum absolute atomic E-state index is 11.6. The number of halogens is 4. The fourth-order valence-corrected chi connectivity index (χ4v) is 2.07. The molecule has 0 aliphatic heterocycles. The minimum absolute atomic E-state index is 0.0298. The smallest absolute Gasteiger partial charge is 0.342 e. The molecule has 0 saturated heterocycles. The first-order chi connectivity index (χ1) is 10.2. The second-order valence-corrected chi connectivity index (χ2v) is 6.82. The number of rotatable bonds is 7. The first kappa shape index (κ1) is 19.4. The molecule has 0 aliphatic carbocycles. The van der Waals surface area contributed by atoms with Gasteiger partial charge >= 0.3 is 5.97 Å². The molecular formula is C13H16Cl4N2O3. The van der Waals surface area contributed by atoms with E-state index in [9.17, 15) is 4.79 Å². The fraction of sp³-hybridized carbons (Fsp3) is 0.538. The van der Waals surface area contributed by atoms with Gasteiger partial charge in [-0.05, 0) is 12.5 Å². The number of anilines is 1. The highest BCUT2D eigenvalue weighted by molar-refractivity contribution is 6.57. The van der Waals surface area contributed by atoms with E-state index in [1.165, 1.54) is 6.07 Å². The van der Waals surface area contributed by atoms with Crippen LogP contribution in [0.3, 0.4) is 0 Å². The van der Waals surface area contributed by atoms with Crippen LogP contribution in [0.5, 0.6) is 5.88 Å². The summed E-state index contributed by atoms with van der Waals surface area (Å²) in [7, 11) is 3.58. The van der Waals surface area contributed by atoms with Gasteiger partial charge in [0.15, 0.2) is 5.82 Å². The Morgan fingerprint density at radius 1 is 1.27 bits per heavy atom. The summed E-state index contributed by atoms with van der Waals surface area (Å²) in [6, 6.07) is 1.53. The van der Waals surface area contributed by atoms with Gasteiger partial charge in [0, 0.05) is 14.1 Å². The van der Waals surface area contributed by atoms with Crippen LogP contribution in [0, 0.1) is 0 Å². The van der Waals surface area contributed by atoms with E-state index >= 15 is 0 Å². The lowest BCUT2D eigenvalue weighted by Gasteiger charge is -2.17. The molecule has 0 fully saturated rings. The van der Waals surface area contributed by atoms with Crippen LogP contribution < -0.4 is 9.64 Å². The van der Waals surface area contributed by atoms with Crippen molar-refractivity contribution in [3.05, 3.63) is 16.1 Å². The fourth-order valence-electron chi connectivity index (χ4n) is 1.38. The molecule has 124 valence electrons. The highest BCUT2D eigenvalue weighted by Crippen LogP contribution is 2.32. The van der Waals surface area contributed by atoms with E-state index in [4.69, 9.17) is 55.9 Å². The molecule has 0 unspecified atom stereocenters. The molecule has 0 bridgehead atoms. The van der Waals surface area contributed by atoms with Gasteiger partial charge in [-0.3, -0.25) is 0 Å². The molecule has 1 heterocycles. The maximum Gasteiger partial charge on any atom is 0.342 e. The molecule has 0 saturated carbocycles. The standard InChI is InChI=1S/C13H16Cl4N2O3/c1-4-13(16,17)12(20)22-6-5-21-11-9(15)7-8(14)10(18-11)19(2)3/h7H,4-6H2,1-3H3. The van der Waals surface area contributed by atoms with Gasteiger partial charge in [0.05, 0.1) is 5.02 Å². The first-order valence-electron chi connectivity index (χ1n) is 6.40. The highest BCUT2D eigenvalue weighted by atomic mass is 35.5. The Labute approximate surface area is 149 Å². The van der Waals surface area contributed by atoms with Crippen LogP contribution >= 0.6 is 46.4 Å². The Hall–Kier alpha value is -0.620. The molecule has 5 nitrogen and oxygen atoms in total. The minimum Gasteiger partial charge on any atom is -0.473 e. The Morgan fingerprint density at radius 3 is 2.45 bits per heavy atom. The van der Waals surface area contributed by atoms with Crippen molar-refractivity contribution in [2.75, 3.05) is 32.2 Å². The van der Waals surface area contributed by atoms with Gasteiger partial charge < -0.3 is 14.4 Å². The van der Waals surface area contributed by atoms with Crippen molar-refractivity contribution in [2.45, 2.75) is 17.7 Å². The predicted molar refractivity (Wildman–Crippen MR) is 89.8 cm³/mol. The molecule has 9 heteroatoms. The molecule has 0 amide bonds. The predicted octanol–water partition coefficient (Wildman–Crippen LogP) is 3.96. The summed E-state index contributed by atoms with van der Waals surface area (Å²) in [4.78, 5) is 17.5. The van der Waals surface area contributed by atoms with Crippen molar-refractivity contribution in [2.24, 2.45) is 0 Å². The Kier molecular flexibility index (Phi) is 7.32. The third-order valence-electron chi connectivity index (χ3n) is 2.60. The third kappa shape index (κ3) is 5.23. The van der Waals surface area contributed by atoms with E-state index in [0.29, 0.717) is 10.8 Å². The van der Waals surface area contributed by atoms with Crippen molar-refractivity contribution in [1.29, 1.82) is 0 Å². The van der Waals surface area contributed by atoms with Crippen LogP contribution in [0.4, 0.5) is 5.82 Å². The van der Waals surface area contributed by atoms with Gasteiger partial charge in [0.1, 0.15) is 18.2 Å². The molecule has 0 aromatic carbocycles. The maximum atomic E-state index is 11.6. The van der Waals surface area contributed by atoms with Crippen molar-refractivity contribution < 1.29 is 14.3 Å². The van der Waals surface area contributed by atoms with Crippen LogP contribution in [0.1, 0.15) is 13.3 Å². The Bertz CT molecular complexity index is 538. The van der Waals surface area contributed by atoms with Crippen molar-refractivity contribution >= 4 is 58.2 Å². The normalized spacial score (nSPS) is 11.2. The molecule has 0 radical (unpaired) electrons. The lowest BCUT2D eigenvalue weighted by atomic mass is 10.3. The van der Waals surface area contributed by atoms with Crippen LogP contribution in [0.25, 0.3) is 0 Å². The van der Waals surface area contributed by atoms with Gasteiger partial charge in [-0.15, -0.1) is 0 Å². The number of hydrogen-bond donors (Lipinski definition) is 0. The van der Waals surface area contributed by atoms with E-state index < -0.39 is 10.3 Å². The molecular weight excluding hydrogens is 374 g/mol. The molecule has 22 heavy (non-hydrogen) atoms. The van der Waals surface area contributed by atoms with Gasteiger partial charge in [-0.2, -0.15) is 4.98 Å². The quantitative estimate of drug-likeness (QED) is 0.401. The SMILES string of the molecule is CCC(Cl)(Cl)C(=O)OCCOc1nc(N(C)C)c(Cl)cc1Cl. The van der Waals surface area contributed by atoms with Crippen LogP contribution in [0.2, 0.25) is 10.0 Å². The van der Waals surface area contributed by atoms with E-state index in [0.717, 1.165) is 0 Å². The Morgan fingerprint density at radius 2 is 1.91 bits per heavy atom. The zero-order valence-electron chi connectivity index (χ0n) is 12.3. The topological polar surface area (TPSA) is 51.7 Å². The van der Waals surface area contributed by atoms with Crippen molar-refractivity contribution in [3.8, 4) is 5.88 Å². The number of carbonyl (C=O) groups is 1. The van der Waals surface area contributed by atoms with Crippen molar-refractivity contribution in [3.63, 3.8) is 0 Å². The lowest BCUT2D eigenvalue weighted by Crippen LogP contribution is -2.29. The van der Waals surface area contributed by atoms with E-state index in [1.807, 2.05) is 0 Å². The molecule has 1 aromatic rings. The lowest BCUT2D eigenvalue weighted by molar-refractivity contribution is -0.145. The molecule has 0 N–H and O–H groups in total. The third-order valence-corrected chi connectivity index (χ3v) is 3.99. The number of aromatic nitrogens is 1. The van der Waals surface area contributed by atoms with Gasteiger partial charge in [-0.1, -0.05) is 53.3 Å². The number of ether oxygens (including phenoxy) is 2. The van der Waals surface area contributed by atoms with E-state index in [1.54, 1.807) is 25.9 Å². The average Bonchev–Trinajstić information content (AvgIpc) is 2.44. The van der Waals surface area contributed by atoms with Gasteiger partial charge in [0.25, 0.3) is 0 Å². The monoisotopic (exact) mass is 388 g/mol. The zero-order valence-corrected chi connectivity index (χ0v) is 15.4. The van der Waals surface area contributed by atoms with E-state index in [-0.39, 0.29) is 30.5 Å². The highest BCUT2D eigenvalue weighted by Gasteiger charge is 2.33. The first-order valence-corrected chi connectivity index (χ1v) is 7.91. The molecule has 0 spiro atoms. The summed E-state index contributed by atoms with van der Waals surface area (Å²) in [5, 5.41) is 0.672. The summed E-state index contributed by atoms with van der Waals surface area (Å²) in [5.74, 6) is -0.0000266. The number of hydrogen-bond acceptors (Lipinski definition) is 5. The van der Waals surface area contributed by atoms with Gasteiger partial charge in [-0.25, -0.2) is 4.79 Å². The number of nitrogens with zero attached hydrogens (tertiary/aromatic N) is 2. The number of esters is 1. The molecule has 0 aliphatic rings. The summed E-state index contributed by atoms with van der Waals surface area (Å²) in [5.41, 5.74) is 0. The zero-order chi connectivity index (χ0) is 16.9. The summed E-state index contributed by atoms with van der Waals surface area (Å²) in [6.07, 6.45) is 0.243. The Balaban J connectivity index is 2.59.